The first kappa shape index (κ1) is 12.5. The second kappa shape index (κ2) is 4.74. The number of aromatic nitrogens is 2. The SMILES string of the molecule is CN(C)CC(N)c1noc(C2(C)CCCC2)n1. The van der Waals surface area contributed by atoms with E-state index in [0.29, 0.717) is 5.82 Å². The van der Waals surface area contributed by atoms with E-state index in [1.54, 1.807) is 0 Å². The molecule has 5 heteroatoms. The maximum Gasteiger partial charge on any atom is 0.232 e. The van der Waals surface area contributed by atoms with Crippen LogP contribution in [-0.4, -0.2) is 35.7 Å². The summed E-state index contributed by atoms with van der Waals surface area (Å²) in [5.41, 5.74) is 6.10. The Balaban J connectivity index is 2.10. The molecule has 0 amide bonds. The monoisotopic (exact) mass is 238 g/mol. The molecule has 1 heterocycles. The molecule has 0 radical (unpaired) electrons. The Morgan fingerprint density at radius 3 is 2.65 bits per heavy atom. The summed E-state index contributed by atoms with van der Waals surface area (Å²) in [6.45, 7) is 2.93. The van der Waals surface area contributed by atoms with Crippen molar-refractivity contribution < 1.29 is 4.52 Å². The summed E-state index contributed by atoms with van der Waals surface area (Å²) < 4.78 is 5.39. The van der Waals surface area contributed by atoms with Gasteiger partial charge < -0.3 is 15.2 Å². The van der Waals surface area contributed by atoms with Gasteiger partial charge in [-0.3, -0.25) is 0 Å². The first-order valence-corrected chi connectivity index (χ1v) is 6.26. The van der Waals surface area contributed by atoms with E-state index in [9.17, 15) is 0 Å². The smallest absolute Gasteiger partial charge is 0.232 e. The van der Waals surface area contributed by atoms with Crippen LogP contribution in [0.2, 0.25) is 0 Å². The second-order valence-electron chi connectivity index (χ2n) is 5.59. The molecule has 1 aromatic rings. The molecule has 1 aliphatic carbocycles. The van der Waals surface area contributed by atoms with E-state index in [1.165, 1.54) is 12.8 Å². The molecular formula is C12H22N4O. The van der Waals surface area contributed by atoms with Gasteiger partial charge in [-0.15, -0.1) is 0 Å². The Morgan fingerprint density at radius 2 is 2.06 bits per heavy atom. The summed E-state index contributed by atoms with van der Waals surface area (Å²) in [5.74, 6) is 1.39. The summed E-state index contributed by atoms with van der Waals surface area (Å²) in [5, 5.41) is 4.02. The van der Waals surface area contributed by atoms with Gasteiger partial charge in [-0.25, -0.2) is 0 Å². The van der Waals surface area contributed by atoms with Crippen LogP contribution in [-0.2, 0) is 5.41 Å². The Kier molecular flexibility index (Phi) is 3.49. The molecule has 2 rings (SSSR count). The van der Waals surface area contributed by atoms with Crippen molar-refractivity contribution in [2.75, 3.05) is 20.6 Å². The molecule has 1 aromatic heterocycles. The third kappa shape index (κ3) is 2.66. The van der Waals surface area contributed by atoms with Gasteiger partial charge in [0.2, 0.25) is 5.89 Å². The third-order valence-corrected chi connectivity index (χ3v) is 3.56. The maximum absolute atomic E-state index is 6.02. The average molecular weight is 238 g/mol. The van der Waals surface area contributed by atoms with E-state index in [-0.39, 0.29) is 11.5 Å². The summed E-state index contributed by atoms with van der Waals surface area (Å²) in [6, 6.07) is -0.174. The Morgan fingerprint density at radius 1 is 1.41 bits per heavy atom. The molecule has 1 unspecified atom stereocenters. The van der Waals surface area contributed by atoms with Crippen LogP contribution in [0.15, 0.2) is 4.52 Å². The lowest BCUT2D eigenvalue weighted by molar-refractivity contribution is 0.291. The lowest BCUT2D eigenvalue weighted by Crippen LogP contribution is -2.27. The maximum atomic E-state index is 6.02. The zero-order valence-corrected chi connectivity index (χ0v) is 10.9. The van der Waals surface area contributed by atoms with Crippen molar-refractivity contribution >= 4 is 0 Å². The summed E-state index contributed by atoms with van der Waals surface area (Å²) in [6.07, 6.45) is 4.77. The van der Waals surface area contributed by atoms with Crippen LogP contribution in [0.3, 0.4) is 0 Å². The molecule has 1 saturated carbocycles. The predicted molar refractivity (Wildman–Crippen MR) is 65.6 cm³/mol. The molecule has 0 spiro atoms. The van der Waals surface area contributed by atoms with Crippen LogP contribution in [0.1, 0.15) is 50.4 Å². The molecule has 1 aliphatic rings. The molecule has 0 saturated heterocycles. The Labute approximate surface area is 102 Å². The van der Waals surface area contributed by atoms with E-state index in [4.69, 9.17) is 10.3 Å². The summed E-state index contributed by atoms with van der Waals surface area (Å²) in [7, 11) is 3.97. The van der Waals surface area contributed by atoms with E-state index in [0.717, 1.165) is 25.3 Å². The number of rotatable bonds is 4. The van der Waals surface area contributed by atoms with Crippen LogP contribution in [0.4, 0.5) is 0 Å². The highest BCUT2D eigenvalue weighted by Crippen LogP contribution is 2.39. The van der Waals surface area contributed by atoms with Gasteiger partial charge in [0.1, 0.15) is 0 Å². The van der Waals surface area contributed by atoms with Gasteiger partial charge in [-0.1, -0.05) is 24.9 Å². The fourth-order valence-electron chi connectivity index (χ4n) is 2.47. The first-order valence-electron chi connectivity index (χ1n) is 6.26. The highest BCUT2D eigenvalue weighted by molar-refractivity contribution is 5.07. The zero-order chi connectivity index (χ0) is 12.5. The summed E-state index contributed by atoms with van der Waals surface area (Å²) >= 11 is 0. The van der Waals surface area contributed by atoms with Crippen LogP contribution in [0, 0.1) is 0 Å². The minimum atomic E-state index is -0.174. The number of nitrogens with zero attached hydrogens (tertiary/aromatic N) is 3. The highest BCUT2D eigenvalue weighted by atomic mass is 16.5. The predicted octanol–water partition coefficient (Wildman–Crippen LogP) is 1.46. The van der Waals surface area contributed by atoms with Gasteiger partial charge in [0, 0.05) is 12.0 Å². The van der Waals surface area contributed by atoms with Gasteiger partial charge >= 0.3 is 0 Å². The van der Waals surface area contributed by atoms with Crippen LogP contribution in [0.5, 0.6) is 0 Å². The molecule has 1 fully saturated rings. The topological polar surface area (TPSA) is 68.2 Å². The van der Waals surface area contributed by atoms with Crippen molar-refractivity contribution in [3.63, 3.8) is 0 Å². The van der Waals surface area contributed by atoms with Gasteiger partial charge in [-0.2, -0.15) is 4.98 Å². The highest BCUT2D eigenvalue weighted by Gasteiger charge is 2.36. The van der Waals surface area contributed by atoms with E-state index < -0.39 is 0 Å². The average Bonchev–Trinajstić information content (AvgIpc) is 2.85. The minimum absolute atomic E-state index is 0.0725. The molecule has 1 atom stereocenters. The molecule has 0 bridgehead atoms. The first-order chi connectivity index (χ1) is 8.01. The van der Waals surface area contributed by atoms with Crippen LogP contribution in [0.25, 0.3) is 0 Å². The molecule has 96 valence electrons. The van der Waals surface area contributed by atoms with E-state index in [1.807, 2.05) is 19.0 Å². The fourth-order valence-corrected chi connectivity index (χ4v) is 2.47. The number of likely N-dealkylation sites (N-methyl/N-ethyl adjacent to an activating group) is 1. The zero-order valence-electron chi connectivity index (χ0n) is 10.9. The molecule has 2 N–H and O–H groups in total. The molecule has 5 nitrogen and oxygen atoms in total. The van der Waals surface area contributed by atoms with Gasteiger partial charge in [0.05, 0.1) is 6.04 Å². The minimum Gasteiger partial charge on any atom is -0.339 e. The van der Waals surface area contributed by atoms with Crippen molar-refractivity contribution in [2.45, 2.75) is 44.1 Å². The number of hydrogen-bond donors (Lipinski definition) is 1. The molecule has 0 aliphatic heterocycles. The number of nitrogens with two attached hydrogens (primary N) is 1. The quantitative estimate of drug-likeness (QED) is 0.860. The molecular weight excluding hydrogens is 216 g/mol. The number of hydrogen-bond acceptors (Lipinski definition) is 5. The van der Waals surface area contributed by atoms with E-state index in [2.05, 4.69) is 17.1 Å². The van der Waals surface area contributed by atoms with Crippen LogP contribution < -0.4 is 5.73 Å². The van der Waals surface area contributed by atoms with E-state index >= 15 is 0 Å². The fraction of sp³-hybridized carbons (Fsp3) is 0.833. The summed E-state index contributed by atoms with van der Waals surface area (Å²) in [4.78, 5) is 6.51. The standard InChI is InChI=1S/C12H22N4O/c1-12(6-4-5-7-12)11-14-10(15-17-11)9(13)8-16(2)3/h9H,4-8,13H2,1-3H3. The second-order valence-corrected chi connectivity index (χ2v) is 5.59. The van der Waals surface area contributed by atoms with Gasteiger partial charge in [0.25, 0.3) is 0 Å². The van der Waals surface area contributed by atoms with Crippen molar-refractivity contribution in [2.24, 2.45) is 5.73 Å². The molecule has 0 aromatic carbocycles. The van der Waals surface area contributed by atoms with Crippen molar-refractivity contribution in [3.8, 4) is 0 Å². The Bertz CT molecular complexity index is 368. The van der Waals surface area contributed by atoms with Crippen molar-refractivity contribution in [1.82, 2.24) is 15.0 Å². The van der Waals surface area contributed by atoms with Gasteiger partial charge in [-0.05, 0) is 26.9 Å². The van der Waals surface area contributed by atoms with Crippen molar-refractivity contribution in [3.05, 3.63) is 11.7 Å². The normalized spacial score (nSPS) is 21.0. The Hall–Kier alpha value is -0.940. The lowest BCUT2D eigenvalue weighted by atomic mass is 9.89. The van der Waals surface area contributed by atoms with Crippen molar-refractivity contribution in [1.29, 1.82) is 0 Å². The van der Waals surface area contributed by atoms with Gasteiger partial charge in [0.15, 0.2) is 5.82 Å². The van der Waals surface area contributed by atoms with Crippen LogP contribution >= 0.6 is 0 Å². The molecule has 17 heavy (non-hydrogen) atoms. The third-order valence-electron chi connectivity index (χ3n) is 3.56. The largest absolute Gasteiger partial charge is 0.339 e. The lowest BCUT2D eigenvalue weighted by Gasteiger charge is -2.17.